The molecule has 0 rings (SSSR count). The van der Waals surface area contributed by atoms with E-state index in [-0.39, 0.29) is 6.03 Å². The Labute approximate surface area is 458 Å². The maximum atomic E-state index is 13.7. The first kappa shape index (κ1) is 79.2. The first-order valence-corrected chi connectivity index (χ1v) is 43.4. The molecule has 0 heterocycles. The van der Waals surface area contributed by atoms with Crippen LogP contribution in [0.1, 0.15) is 123 Å². The second kappa shape index (κ2) is 48.8. The van der Waals surface area contributed by atoms with Gasteiger partial charge in [0.2, 0.25) is 6.08 Å². The number of hydrogen-bond donors (Lipinski definition) is 1. The molecule has 440 valence electrons. The molecule has 0 aliphatic rings. The Morgan fingerprint density at radius 2 is 0.685 bits per heavy atom. The van der Waals surface area contributed by atoms with E-state index in [2.05, 4.69) is 61.1 Å². The molecule has 0 aromatic carbocycles. The largest absolute Gasteiger partial charge is 0.500 e. The summed E-state index contributed by atoms with van der Waals surface area (Å²) >= 11 is 5.67. The molecule has 0 radical (unpaired) electrons. The third kappa shape index (κ3) is 41.4. The van der Waals surface area contributed by atoms with Crippen molar-refractivity contribution in [2.24, 2.45) is 4.99 Å². The topological polar surface area (TPSA) is 176 Å². The number of hydrogen-bond acceptors (Lipinski definition) is 16. The Hall–Kier alpha value is -0.279. The fraction of sp³-hybridized carbons (Fsp3) is 0.958. The highest BCUT2D eigenvalue weighted by atomic mass is 35.6. The maximum Gasteiger partial charge on any atom is 0.500 e. The van der Waals surface area contributed by atoms with Crippen LogP contribution in [0.2, 0.25) is 63.5 Å². The Morgan fingerprint density at radius 3 is 0.849 bits per heavy atom. The van der Waals surface area contributed by atoms with Gasteiger partial charge in [-0.2, -0.15) is 11.1 Å². The number of isocyanates is 1. The Bertz CT molecular complexity index is 1180. The van der Waals surface area contributed by atoms with Gasteiger partial charge in [-0.05, 0) is 136 Å². The second-order valence-corrected chi connectivity index (χ2v) is 41.3. The van der Waals surface area contributed by atoms with Crippen molar-refractivity contribution in [1.29, 1.82) is 0 Å². The fourth-order valence-electron chi connectivity index (χ4n) is 7.40. The minimum Gasteiger partial charge on any atom is -0.374 e. The van der Waals surface area contributed by atoms with E-state index in [1.54, 1.807) is 6.92 Å². The lowest BCUT2D eigenvalue weighted by molar-refractivity contribution is 0.0685. The molecule has 0 fully saturated rings. The number of urea groups is 1. The van der Waals surface area contributed by atoms with E-state index in [0.717, 1.165) is 50.9 Å². The summed E-state index contributed by atoms with van der Waals surface area (Å²) in [5, 5.41) is 3.49. The monoisotopic (exact) mass is 1170 g/mol. The zero-order chi connectivity index (χ0) is 56.7. The molecular formula is C48H113ClN4O14Si6. The van der Waals surface area contributed by atoms with Crippen molar-refractivity contribution in [2.45, 2.75) is 186 Å². The lowest BCUT2D eigenvalue weighted by Gasteiger charge is -2.38. The number of halogens is 1. The van der Waals surface area contributed by atoms with Crippen LogP contribution in [0, 0.1) is 0 Å². The Kier molecular flexibility index (Phi) is 53.0. The van der Waals surface area contributed by atoms with E-state index in [1.807, 2.05) is 88.0 Å². The molecule has 18 nitrogen and oxygen atoms in total. The normalized spacial score (nSPS) is 12.2. The molecule has 0 bridgehead atoms. The second-order valence-electron chi connectivity index (χ2n) is 17.9. The van der Waals surface area contributed by atoms with E-state index in [1.165, 1.54) is 6.08 Å². The summed E-state index contributed by atoms with van der Waals surface area (Å²) in [6, 6.07) is 3.14. The summed E-state index contributed by atoms with van der Waals surface area (Å²) in [5.74, 6) is 0. The lowest BCUT2D eigenvalue weighted by atomic mass is 10.3. The van der Waals surface area contributed by atoms with Crippen LogP contribution >= 0.6 is 11.1 Å². The third-order valence-electron chi connectivity index (χ3n) is 9.72. The van der Waals surface area contributed by atoms with Crippen LogP contribution in [-0.4, -0.2) is 191 Å². The molecule has 0 spiro atoms. The van der Waals surface area contributed by atoms with Crippen LogP contribution in [0.4, 0.5) is 4.79 Å². The average molecular weight is 1170 g/mol. The highest BCUT2D eigenvalue weighted by molar-refractivity contribution is 7.18. The number of carbonyl (C=O) groups is 1. The molecule has 0 saturated carbocycles. The number of rotatable bonds is 43. The number of aliphatic imine (C=N–C) groups is 1. The molecule has 0 aromatic rings. The summed E-state index contributed by atoms with van der Waals surface area (Å²) < 4.78 is 73.5. The molecular weight excluding hydrogens is 1060 g/mol. The van der Waals surface area contributed by atoms with Gasteiger partial charge < -0.3 is 67.9 Å². The number of nitrogens with zero attached hydrogens (tertiary/aromatic N) is 3. The number of carbonyl (C=O) groups excluding carboxylic acids is 2. The van der Waals surface area contributed by atoms with Crippen molar-refractivity contribution in [3.63, 3.8) is 0 Å². The van der Waals surface area contributed by atoms with Gasteiger partial charge in [-0.25, -0.2) is 14.6 Å². The smallest absolute Gasteiger partial charge is 0.374 e. The molecule has 73 heavy (non-hydrogen) atoms. The molecule has 0 saturated heterocycles. The first-order chi connectivity index (χ1) is 34.5. The molecule has 0 aromatic heterocycles. The van der Waals surface area contributed by atoms with Gasteiger partial charge in [0.15, 0.2) is 8.24 Å². The molecule has 1 N–H and O–H groups in total. The minimum atomic E-state index is -2.76. The standard InChI is InChI=1S/C24H56N2O7Si3.C18H43NO6Si2.C3H9ClSi.C3H5NO/c1-11-26(34(8,9)10)24(27)25(20-18-22-35(28-12-2,29-13-3)30-14-4)21-19-23-36(31-15-5,32-16-6)33-17-7;1-7-20-26(21-8-2,22-9-3)17-13-15-19-16-14-18-27(23-10-4,24-11-5)25-12-6;1-5(2,3)4;1-2-4-3-5/h11-23H2,1-10H3;19H,7-18H2,1-6H3;1-3H3;2H2,1H3. The van der Waals surface area contributed by atoms with Gasteiger partial charge in [-0.3, -0.25) is 0 Å². The highest BCUT2D eigenvalue weighted by Gasteiger charge is 2.43. The third-order valence-corrected chi connectivity index (χ3v) is 24.4. The van der Waals surface area contributed by atoms with Crippen LogP contribution < -0.4 is 5.32 Å². The van der Waals surface area contributed by atoms with Crippen molar-refractivity contribution in [3.05, 3.63) is 0 Å². The maximum absolute atomic E-state index is 13.7. The van der Waals surface area contributed by atoms with Gasteiger partial charge in [0.1, 0.15) is 7.38 Å². The zero-order valence-electron chi connectivity index (χ0n) is 50.3. The van der Waals surface area contributed by atoms with Crippen LogP contribution in [0.15, 0.2) is 4.99 Å². The summed E-state index contributed by atoms with van der Waals surface area (Å²) in [6.45, 7) is 51.8. The van der Waals surface area contributed by atoms with Gasteiger partial charge in [-0.15, -0.1) is 0 Å². The molecule has 0 unspecified atom stereocenters. The van der Waals surface area contributed by atoms with Gasteiger partial charge in [0.25, 0.3) is 0 Å². The SMILES string of the molecule is CCN=C=O.CCO[Si](CCCN(CCC[Si](OCC)(OCC)OCC)C(=O)N(CC)[Si](C)(C)C)(OCC)OCC.CCO[Si](CCCNCCC[Si](OCC)(OCC)OCC)(OCC)OCC.C[Si](C)(C)Cl. The van der Waals surface area contributed by atoms with E-state index in [9.17, 15) is 4.79 Å². The van der Waals surface area contributed by atoms with Crippen molar-refractivity contribution in [1.82, 2.24) is 14.8 Å². The summed E-state index contributed by atoms with van der Waals surface area (Å²) in [7, 11) is -13.5. The van der Waals surface area contributed by atoms with E-state index in [4.69, 9.17) is 69.0 Å². The van der Waals surface area contributed by atoms with Crippen molar-refractivity contribution in [3.8, 4) is 0 Å². The Morgan fingerprint density at radius 1 is 0.452 bits per heavy atom. The molecule has 0 aliphatic carbocycles. The summed E-state index contributed by atoms with van der Waals surface area (Å²) in [5.41, 5.74) is 0. The Balaban J connectivity index is -0.000000562. The first-order valence-electron chi connectivity index (χ1n) is 27.7. The average Bonchev–Trinajstić information content (AvgIpc) is 3.29. The molecule has 0 aliphatic heterocycles. The van der Waals surface area contributed by atoms with Crippen LogP contribution in [-0.2, 0) is 57.9 Å². The predicted molar refractivity (Wildman–Crippen MR) is 314 cm³/mol. The number of amides is 2. The highest BCUT2D eigenvalue weighted by Crippen LogP contribution is 2.23. The van der Waals surface area contributed by atoms with Crippen molar-refractivity contribution < 1.29 is 62.7 Å². The van der Waals surface area contributed by atoms with Crippen molar-refractivity contribution >= 4 is 74.0 Å². The van der Waals surface area contributed by atoms with Gasteiger partial charge in [0, 0.05) is 130 Å². The quantitative estimate of drug-likeness (QED) is 0.0200. The van der Waals surface area contributed by atoms with E-state index in [0.29, 0.717) is 118 Å². The molecule has 25 heteroatoms. The van der Waals surface area contributed by atoms with Crippen LogP contribution in [0.3, 0.4) is 0 Å². The zero-order valence-corrected chi connectivity index (χ0v) is 57.1. The van der Waals surface area contributed by atoms with Gasteiger partial charge in [0.05, 0.1) is 0 Å². The molecule has 0 atom stereocenters. The van der Waals surface area contributed by atoms with Crippen LogP contribution in [0.5, 0.6) is 0 Å². The molecule has 2 amide bonds. The van der Waals surface area contributed by atoms with Crippen LogP contribution in [0.25, 0.3) is 0 Å². The minimum absolute atomic E-state index is 0.102. The van der Waals surface area contributed by atoms with Gasteiger partial charge in [-0.1, -0.05) is 39.3 Å². The predicted octanol–water partition coefficient (Wildman–Crippen LogP) is 11.3. The fourth-order valence-corrected chi connectivity index (χ4v) is 19.5. The van der Waals surface area contributed by atoms with E-state index < -0.39 is 50.8 Å². The summed E-state index contributed by atoms with van der Waals surface area (Å²) in [4.78, 5) is 28.0. The van der Waals surface area contributed by atoms with E-state index >= 15 is 0 Å². The van der Waals surface area contributed by atoms with Gasteiger partial charge >= 0.3 is 41.2 Å². The van der Waals surface area contributed by atoms with Crippen molar-refractivity contribution in [2.75, 3.05) is 119 Å². The lowest BCUT2D eigenvalue weighted by Crippen LogP contribution is -2.55. The number of nitrogens with one attached hydrogen (secondary N) is 1. The summed E-state index contributed by atoms with van der Waals surface area (Å²) in [6.07, 6.45) is 4.84.